The average molecular weight is 233 g/mol. The fraction of sp³-hybridized carbons (Fsp3) is 0.562. The summed E-state index contributed by atoms with van der Waals surface area (Å²) in [6.45, 7) is 5.03. The van der Waals surface area contributed by atoms with Crippen molar-refractivity contribution in [1.82, 2.24) is 0 Å². The maximum absolute atomic E-state index is 5.61. The molecule has 17 heavy (non-hydrogen) atoms. The molecular weight excluding hydrogens is 208 g/mol. The zero-order valence-electron chi connectivity index (χ0n) is 11.2. The monoisotopic (exact) mass is 233 g/mol. The van der Waals surface area contributed by atoms with Crippen molar-refractivity contribution in [1.29, 1.82) is 0 Å². The molecule has 1 nitrogen and oxygen atoms in total. The quantitative estimate of drug-likeness (QED) is 0.556. The smallest absolute Gasteiger partial charge is 0.122 e. The zero-order valence-corrected chi connectivity index (χ0v) is 11.2. The molecule has 0 aromatic heterocycles. The number of benzene rings is 1. The maximum Gasteiger partial charge on any atom is 0.122 e. The van der Waals surface area contributed by atoms with Gasteiger partial charge in [-0.1, -0.05) is 50.8 Å². The standard InChI is InChI=1S/C16H25O/c1-3-5-6-7-8-9-12-15-13-10-11-14-16(15)17-4-2/h9-11,13-14H,3-8,12H2,1-2H3. The van der Waals surface area contributed by atoms with Gasteiger partial charge in [-0.25, -0.2) is 0 Å². The lowest BCUT2D eigenvalue weighted by molar-refractivity contribution is 0.337. The van der Waals surface area contributed by atoms with E-state index in [1.807, 2.05) is 13.0 Å². The Balaban J connectivity index is 2.25. The summed E-state index contributed by atoms with van der Waals surface area (Å²) in [4.78, 5) is 0. The third-order valence-corrected chi connectivity index (χ3v) is 2.90. The SMILES string of the molecule is CCCCCC[CH]Cc1ccccc1OCC. The van der Waals surface area contributed by atoms with Crippen LogP contribution >= 0.6 is 0 Å². The van der Waals surface area contributed by atoms with Crippen molar-refractivity contribution in [3.8, 4) is 5.75 Å². The van der Waals surface area contributed by atoms with E-state index in [0.29, 0.717) is 0 Å². The number of hydrogen-bond donors (Lipinski definition) is 0. The van der Waals surface area contributed by atoms with Crippen LogP contribution < -0.4 is 4.74 Å². The Kier molecular flexibility index (Phi) is 7.53. The Morgan fingerprint density at radius 1 is 1.06 bits per heavy atom. The van der Waals surface area contributed by atoms with Gasteiger partial charge in [-0.15, -0.1) is 0 Å². The van der Waals surface area contributed by atoms with Gasteiger partial charge in [0, 0.05) is 0 Å². The highest BCUT2D eigenvalue weighted by Gasteiger charge is 2.01. The van der Waals surface area contributed by atoms with E-state index < -0.39 is 0 Å². The highest BCUT2D eigenvalue weighted by atomic mass is 16.5. The van der Waals surface area contributed by atoms with Gasteiger partial charge < -0.3 is 4.74 Å². The van der Waals surface area contributed by atoms with E-state index in [-0.39, 0.29) is 0 Å². The lowest BCUT2D eigenvalue weighted by atomic mass is 10.0. The second kappa shape index (κ2) is 9.09. The summed E-state index contributed by atoms with van der Waals surface area (Å²) in [6, 6.07) is 8.34. The molecule has 0 aliphatic carbocycles. The topological polar surface area (TPSA) is 9.23 Å². The van der Waals surface area contributed by atoms with Crippen LogP contribution in [0, 0.1) is 6.42 Å². The normalized spacial score (nSPS) is 10.5. The Morgan fingerprint density at radius 3 is 2.65 bits per heavy atom. The van der Waals surface area contributed by atoms with E-state index in [4.69, 9.17) is 4.74 Å². The Morgan fingerprint density at radius 2 is 1.88 bits per heavy atom. The highest BCUT2D eigenvalue weighted by molar-refractivity contribution is 5.34. The van der Waals surface area contributed by atoms with Gasteiger partial charge in [-0.05, 0) is 37.8 Å². The molecule has 1 aromatic carbocycles. The second-order valence-electron chi connectivity index (χ2n) is 4.38. The number of hydrogen-bond acceptors (Lipinski definition) is 1. The molecule has 0 unspecified atom stereocenters. The molecule has 0 bridgehead atoms. The van der Waals surface area contributed by atoms with Crippen molar-refractivity contribution in [3.05, 3.63) is 36.2 Å². The van der Waals surface area contributed by atoms with E-state index in [1.165, 1.54) is 37.7 Å². The maximum atomic E-state index is 5.61. The van der Waals surface area contributed by atoms with Crippen molar-refractivity contribution in [3.63, 3.8) is 0 Å². The van der Waals surface area contributed by atoms with Crippen LogP contribution in [-0.2, 0) is 6.42 Å². The Bertz CT molecular complexity index is 293. The predicted octanol–water partition coefficient (Wildman–Crippen LogP) is 4.80. The summed E-state index contributed by atoms with van der Waals surface area (Å²) in [7, 11) is 0. The highest BCUT2D eigenvalue weighted by Crippen LogP contribution is 2.20. The van der Waals surface area contributed by atoms with Crippen molar-refractivity contribution in [2.75, 3.05) is 6.61 Å². The molecule has 1 aromatic rings. The first-order chi connectivity index (χ1) is 8.38. The minimum atomic E-state index is 0.744. The Hall–Kier alpha value is -0.980. The minimum absolute atomic E-state index is 0.744. The minimum Gasteiger partial charge on any atom is -0.494 e. The van der Waals surface area contributed by atoms with E-state index >= 15 is 0 Å². The van der Waals surface area contributed by atoms with Gasteiger partial charge in [0.05, 0.1) is 6.61 Å². The largest absolute Gasteiger partial charge is 0.494 e. The fourth-order valence-corrected chi connectivity index (χ4v) is 1.94. The number of unbranched alkanes of at least 4 members (excludes halogenated alkanes) is 5. The van der Waals surface area contributed by atoms with Crippen LogP contribution in [0.15, 0.2) is 24.3 Å². The summed E-state index contributed by atoms with van der Waals surface area (Å²) in [5.74, 6) is 1.04. The molecule has 0 saturated heterocycles. The third kappa shape index (κ3) is 5.76. The molecule has 0 N–H and O–H groups in total. The van der Waals surface area contributed by atoms with Crippen molar-refractivity contribution < 1.29 is 4.74 Å². The van der Waals surface area contributed by atoms with Crippen LogP contribution in [-0.4, -0.2) is 6.61 Å². The van der Waals surface area contributed by atoms with Crippen molar-refractivity contribution in [2.45, 2.75) is 52.4 Å². The van der Waals surface area contributed by atoms with Crippen molar-refractivity contribution in [2.24, 2.45) is 0 Å². The first-order valence-electron chi connectivity index (χ1n) is 6.90. The Labute approximate surface area is 106 Å². The second-order valence-corrected chi connectivity index (χ2v) is 4.38. The lowest BCUT2D eigenvalue weighted by Gasteiger charge is -2.09. The number of rotatable bonds is 9. The summed E-state index contributed by atoms with van der Waals surface area (Å²) in [5, 5.41) is 0. The lowest BCUT2D eigenvalue weighted by Crippen LogP contribution is -1.97. The predicted molar refractivity (Wildman–Crippen MR) is 74.4 cm³/mol. The van der Waals surface area contributed by atoms with E-state index in [2.05, 4.69) is 31.5 Å². The molecule has 0 atom stereocenters. The van der Waals surface area contributed by atoms with Gasteiger partial charge in [-0.3, -0.25) is 0 Å². The summed E-state index contributed by atoms with van der Waals surface area (Å²) >= 11 is 0. The molecule has 1 heteroatoms. The van der Waals surface area contributed by atoms with Gasteiger partial charge >= 0.3 is 0 Å². The first-order valence-corrected chi connectivity index (χ1v) is 6.90. The molecule has 0 fully saturated rings. The molecule has 0 amide bonds. The zero-order chi connectivity index (χ0) is 12.3. The molecule has 0 aliphatic heterocycles. The van der Waals surface area contributed by atoms with Gasteiger partial charge in [-0.2, -0.15) is 0 Å². The molecule has 0 spiro atoms. The number of ether oxygens (including phenoxy) is 1. The third-order valence-electron chi connectivity index (χ3n) is 2.90. The fourth-order valence-electron chi connectivity index (χ4n) is 1.94. The van der Waals surface area contributed by atoms with Crippen LogP contribution in [0.5, 0.6) is 5.75 Å². The molecule has 1 radical (unpaired) electrons. The first kappa shape index (κ1) is 14.1. The summed E-state index contributed by atoms with van der Waals surface area (Å²) < 4.78 is 5.61. The van der Waals surface area contributed by atoms with Crippen LogP contribution in [0.2, 0.25) is 0 Å². The molecular formula is C16H25O. The van der Waals surface area contributed by atoms with Crippen molar-refractivity contribution >= 4 is 0 Å². The van der Waals surface area contributed by atoms with E-state index in [1.54, 1.807) is 0 Å². The van der Waals surface area contributed by atoms with Gasteiger partial charge in [0.15, 0.2) is 0 Å². The summed E-state index contributed by atoms with van der Waals surface area (Å²) in [5.41, 5.74) is 1.31. The van der Waals surface area contributed by atoms with Crippen LogP contribution in [0.1, 0.15) is 51.5 Å². The van der Waals surface area contributed by atoms with Crippen LogP contribution in [0.3, 0.4) is 0 Å². The molecule has 0 aliphatic rings. The average Bonchev–Trinajstić information content (AvgIpc) is 2.36. The van der Waals surface area contributed by atoms with Gasteiger partial charge in [0.1, 0.15) is 5.75 Å². The van der Waals surface area contributed by atoms with Crippen LogP contribution in [0.4, 0.5) is 0 Å². The molecule has 95 valence electrons. The molecule has 0 heterocycles. The molecule has 1 rings (SSSR count). The van der Waals surface area contributed by atoms with E-state index in [0.717, 1.165) is 18.8 Å². The van der Waals surface area contributed by atoms with E-state index in [9.17, 15) is 0 Å². The molecule has 0 saturated carbocycles. The summed E-state index contributed by atoms with van der Waals surface area (Å²) in [6.07, 6.45) is 10.00. The number of para-hydroxylation sites is 1. The van der Waals surface area contributed by atoms with Crippen LogP contribution in [0.25, 0.3) is 0 Å². The van der Waals surface area contributed by atoms with Gasteiger partial charge in [0.25, 0.3) is 0 Å². The van der Waals surface area contributed by atoms with Gasteiger partial charge in [0.2, 0.25) is 0 Å².